The maximum Gasteiger partial charge on any atom is 0.419 e. The van der Waals surface area contributed by atoms with Gasteiger partial charge in [0.05, 0.1) is 17.2 Å². The predicted octanol–water partition coefficient (Wildman–Crippen LogP) is 4.97. The van der Waals surface area contributed by atoms with Gasteiger partial charge in [0.25, 0.3) is 0 Å². The van der Waals surface area contributed by atoms with Crippen LogP contribution in [-0.4, -0.2) is 23.5 Å². The van der Waals surface area contributed by atoms with Crippen LogP contribution < -0.4 is 4.74 Å². The van der Waals surface area contributed by atoms with Gasteiger partial charge in [-0.05, 0) is 74.5 Å². The highest BCUT2D eigenvalue weighted by atomic mass is 19.4. The molecule has 1 N–H and O–H groups in total. The lowest BCUT2D eigenvalue weighted by Gasteiger charge is -2.33. The number of rotatable bonds is 5. The van der Waals surface area contributed by atoms with Crippen molar-refractivity contribution < 1.29 is 32.5 Å². The van der Waals surface area contributed by atoms with E-state index in [0.29, 0.717) is 17.8 Å². The third kappa shape index (κ3) is 3.42. The van der Waals surface area contributed by atoms with E-state index in [4.69, 9.17) is 14.6 Å². The topological polar surface area (TPSA) is 55.8 Å². The molecule has 0 aliphatic heterocycles. The summed E-state index contributed by atoms with van der Waals surface area (Å²) in [7, 11) is 0. The maximum absolute atomic E-state index is 13.2. The highest BCUT2D eigenvalue weighted by Crippen LogP contribution is 2.59. The Morgan fingerprint density at radius 2 is 1.93 bits per heavy atom. The minimum atomic E-state index is -4.63. The molecule has 0 saturated heterocycles. The van der Waals surface area contributed by atoms with Gasteiger partial charge in [-0.15, -0.1) is 0 Å². The summed E-state index contributed by atoms with van der Waals surface area (Å²) in [6.07, 6.45) is 0.380. The number of carboxylic acids is 1. The van der Waals surface area contributed by atoms with Crippen LogP contribution in [0.5, 0.6) is 5.75 Å². The van der Waals surface area contributed by atoms with Gasteiger partial charge in [-0.1, -0.05) is 6.42 Å². The molecule has 0 radical (unpaired) electrons. The van der Waals surface area contributed by atoms with Crippen molar-refractivity contribution in [3.63, 3.8) is 0 Å². The summed E-state index contributed by atoms with van der Waals surface area (Å²) in [5.74, 6) is 0.818. The lowest BCUT2D eigenvalue weighted by atomic mass is 9.80. The molecule has 3 aliphatic rings. The van der Waals surface area contributed by atoms with E-state index < -0.39 is 29.7 Å². The first-order chi connectivity index (χ1) is 12.7. The number of fused-ring (bicyclic) bond motifs is 5. The molecule has 3 aliphatic carbocycles. The fourth-order valence-corrected chi connectivity index (χ4v) is 5.60. The van der Waals surface area contributed by atoms with Gasteiger partial charge in [-0.3, -0.25) is 0 Å². The van der Waals surface area contributed by atoms with E-state index in [1.807, 2.05) is 0 Å². The molecule has 2 bridgehead atoms. The number of benzene rings is 1. The predicted molar refractivity (Wildman–Crippen MR) is 90.4 cm³/mol. The molecule has 0 spiro atoms. The Labute approximate surface area is 155 Å². The zero-order valence-electron chi connectivity index (χ0n) is 15.0. The Hall–Kier alpha value is -1.76. The Morgan fingerprint density at radius 3 is 2.63 bits per heavy atom. The molecule has 0 amide bonds. The number of halogens is 3. The Bertz CT molecular complexity index is 732. The Balaban J connectivity index is 1.47. The van der Waals surface area contributed by atoms with E-state index in [1.54, 1.807) is 6.92 Å². The highest BCUT2D eigenvalue weighted by molar-refractivity contribution is 5.88. The second-order valence-corrected chi connectivity index (χ2v) is 8.03. The molecule has 4 nitrogen and oxygen atoms in total. The Kier molecular flexibility index (Phi) is 4.61. The average Bonchev–Trinajstić information content (AvgIpc) is 3.26. The molecule has 3 fully saturated rings. The largest absolute Gasteiger partial charge is 0.478 e. The number of aromatic carboxylic acids is 1. The molecular formula is C20H23F3O4. The lowest BCUT2D eigenvalue weighted by Crippen LogP contribution is -2.34. The van der Waals surface area contributed by atoms with Crippen LogP contribution in [0.1, 0.15) is 54.9 Å². The summed E-state index contributed by atoms with van der Waals surface area (Å²) < 4.78 is 51.1. The zero-order valence-corrected chi connectivity index (χ0v) is 15.0. The highest BCUT2D eigenvalue weighted by Gasteiger charge is 2.54. The number of hydrogen-bond acceptors (Lipinski definition) is 3. The second kappa shape index (κ2) is 6.69. The van der Waals surface area contributed by atoms with Crippen molar-refractivity contribution in [1.29, 1.82) is 0 Å². The summed E-state index contributed by atoms with van der Waals surface area (Å²) in [5.41, 5.74) is -1.24. The van der Waals surface area contributed by atoms with Crippen LogP contribution in [-0.2, 0) is 10.9 Å². The third-order valence-corrected chi connectivity index (χ3v) is 6.56. The molecule has 27 heavy (non-hydrogen) atoms. The monoisotopic (exact) mass is 384 g/mol. The molecule has 148 valence electrons. The van der Waals surface area contributed by atoms with Gasteiger partial charge >= 0.3 is 12.1 Å². The van der Waals surface area contributed by atoms with Crippen LogP contribution in [0.2, 0.25) is 0 Å². The normalized spacial score (nSPS) is 33.1. The molecule has 1 aromatic carbocycles. The van der Waals surface area contributed by atoms with Gasteiger partial charge in [0.15, 0.2) is 6.29 Å². The average molecular weight is 384 g/mol. The van der Waals surface area contributed by atoms with E-state index in [1.165, 1.54) is 19.3 Å². The minimum Gasteiger partial charge on any atom is -0.478 e. The molecule has 6 atom stereocenters. The number of ether oxygens (including phenoxy) is 2. The fraction of sp³-hybridized carbons (Fsp3) is 0.650. The van der Waals surface area contributed by atoms with Gasteiger partial charge in [0, 0.05) is 0 Å². The van der Waals surface area contributed by atoms with E-state index in [-0.39, 0.29) is 11.7 Å². The summed E-state index contributed by atoms with van der Waals surface area (Å²) >= 11 is 0. The van der Waals surface area contributed by atoms with Crippen LogP contribution >= 0.6 is 0 Å². The van der Waals surface area contributed by atoms with Gasteiger partial charge in [-0.25, -0.2) is 4.79 Å². The third-order valence-electron chi connectivity index (χ3n) is 6.56. The Morgan fingerprint density at radius 1 is 1.19 bits per heavy atom. The molecule has 3 saturated carbocycles. The van der Waals surface area contributed by atoms with Crippen molar-refractivity contribution in [2.45, 2.75) is 57.6 Å². The van der Waals surface area contributed by atoms with Crippen LogP contribution in [0.4, 0.5) is 13.2 Å². The first-order valence-electron chi connectivity index (χ1n) is 9.50. The zero-order chi connectivity index (χ0) is 19.3. The summed E-state index contributed by atoms with van der Waals surface area (Å²) in [4.78, 5) is 11.1. The van der Waals surface area contributed by atoms with Crippen LogP contribution in [0.15, 0.2) is 18.2 Å². The van der Waals surface area contributed by atoms with Crippen molar-refractivity contribution in [2.75, 3.05) is 0 Å². The molecule has 1 aromatic rings. The molecule has 7 heteroatoms. The van der Waals surface area contributed by atoms with Crippen molar-refractivity contribution in [1.82, 2.24) is 0 Å². The summed E-state index contributed by atoms with van der Waals surface area (Å²) in [5, 5.41) is 9.06. The van der Waals surface area contributed by atoms with Crippen molar-refractivity contribution >= 4 is 5.97 Å². The van der Waals surface area contributed by atoms with Crippen molar-refractivity contribution in [2.24, 2.45) is 23.7 Å². The van der Waals surface area contributed by atoms with Gasteiger partial charge in [-0.2, -0.15) is 13.2 Å². The number of hydrogen-bond donors (Lipinski definition) is 1. The molecule has 6 unspecified atom stereocenters. The molecular weight excluding hydrogens is 361 g/mol. The number of carbonyl (C=O) groups is 1. The van der Waals surface area contributed by atoms with E-state index in [2.05, 4.69) is 0 Å². The van der Waals surface area contributed by atoms with E-state index in [0.717, 1.165) is 37.0 Å². The maximum atomic E-state index is 13.2. The summed E-state index contributed by atoms with van der Waals surface area (Å²) in [6, 6.07) is 2.59. The molecule has 0 heterocycles. The summed E-state index contributed by atoms with van der Waals surface area (Å²) in [6.45, 7) is 1.58. The first-order valence-corrected chi connectivity index (χ1v) is 9.50. The SMILES string of the molecule is CC(Oc1cc(C(=O)O)ccc1C(F)(F)F)OC1CC2CC1C1CCCC21. The van der Waals surface area contributed by atoms with Crippen molar-refractivity contribution in [3.05, 3.63) is 29.3 Å². The van der Waals surface area contributed by atoms with Gasteiger partial charge in [0.1, 0.15) is 5.75 Å². The minimum absolute atomic E-state index is 0.0151. The number of carboxylic acid groups (broad SMARTS) is 1. The fourth-order valence-electron chi connectivity index (χ4n) is 5.60. The standard InChI is InChI=1S/C20H23F3O4/c1-10(26-17-9-12-7-15(17)14-4-2-3-13(12)14)27-18-8-11(19(24)25)5-6-16(18)20(21,22)23/h5-6,8,10,12-15,17H,2-4,7,9H2,1H3,(H,24,25). The van der Waals surface area contributed by atoms with Crippen LogP contribution in [0.25, 0.3) is 0 Å². The number of alkyl halides is 3. The lowest BCUT2D eigenvalue weighted by molar-refractivity contribution is -0.150. The van der Waals surface area contributed by atoms with Gasteiger partial charge in [0.2, 0.25) is 0 Å². The molecule has 0 aromatic heterocycles. The van der Waals surface area contributed by atoms with Gasteiger partial charge < -0.3 is 14.6 Å². The molecule has 4 rings (SSSR count). The smallest absolute Gasteiger partial charge is 0.419 e. The van der Waals surface area contributed by atoms with Crippen molar-refractivity contribution in [3.8, 4) is 5.75 Å². The quantitative estimate of drug-likeness (QED) is 0.729. The first kappa shape index (κ1) is 18.6. The second-order valence-electron chi connectivity index (χ2n) is 8.03. The van der Waals surface area contributed by atoms with E-state index >= 15 is 0 Å². The van der Waals surface area contributed by atoms with Crippen LogP contribution in [0.3, 0.4) is 0 Å². The van der Waals surface area contributed by atoms with Crippen LogP contribution in [0, 0.1) is 23.7 Å². The van der Waals surface area contributed by atoms with E-state index in [9.17, 15) is 18.0 Å².